The van der Waals surface area contributed by atoms with Gasteiger partial charge in [0.15, 0.2) is 0 Å². The Balaban J connectivity index is 2.01. The summed E-state index contributed by atoms with van der Waals surface area (Å²) in [5.41, 5.74) is 0.363. The van der Waals surface area contributed by atoms with Crippen LogP contribution in [0.4, 0.5) is 13.2 Å². The van der Waals surface area contributed by atoms with Gasteiger partial charge >= 0.3 is 6.36 Å². The van der Waals surface area contributed by atoms with Crippen LogP contribution in [0.15, 0.2) is 30.3 Å². The molecule has 0 unspecified atom stereocenters. The fraction of sp³-hybridized carbons (Fsp3) is 0.375. The highest BCUT2D eigenvalue weighted by molar-refractivity contribution is 7.16. The molecular weight excluding hydrogens is 377 g/mol. The van der Waals surface area contributed by atoms with E-state index in [1.165, 1.54) is 23.5 Å². The van der Waals surface area contributed by atoms with Crippen LogP contribution >= 0.6 is 22.9 Å². The van der Waals surface area contributed by atoms with E-state index >= 15 is 0 Å². The average molecular weight is 393 g/mol. The van der Waals surface area contributed by atoms with Gasteiger partial charge in [-0.2, -0.15) is 0 Å². The van der Waals surface area contributed by atoms with Crippen molar-refractivity contribution < 1.29 is 23.0 Å². The lowest BCUT2D eigenvalue weighted by Gasteiger charge is -2.35. The van der Waals surface area contributed by atoms with Gasteiger partial charge in [0.05, 0.1) is 10.4 Å². The quantitative estimate of drug-likeness (QED) is 0.825. The van der Waals surface area contributed by atoms with Crippen molar-refractivity contribution in [1.29, 1.82) is 0 Å². The van der Waals surface area contributed by atoms with Gasteiger partial charge in [-0.1, -0.05) is 11.6 Å². The molecule has 1 atom stereocenters. The number of hydrogen-bond acceptors (Lipinski definition) is 5. The summed E-state index contributed by atoms with van der Waals surface area (Å²) >= 11 is 7.38. The summed E-state index contributed by atoms with van der Waals surface area (Å²) in [6.07, 6.45) is -4.79. The zero-order valence-corrected chi connectivity index (χ0v) is 14.6. The van der Waals surface area contributed by atoms with Crippen molar-refractivity contribution in [2.75, 3.05) is 26.2 Å². The van der Waals surface area contributed by atoms with Gasteiger partial charge in [0, 0.05) is 36.6 Å². The van der Waals surface area contributed by atoms with E-state index in [-0.39, 0.29) is 11.5 Å². The van der Waals surface area contributed by atoms with Crippen LogP contribution in [-0.4, -0.2) is 42.5 Å². The van der Waals surface area contributed by atoms with Gasteiger partial charge in [-0.3, -0.25) is 4.90 Å². The monoisotopic (exact) mass is 392 g/mol. The maximum absolute atomic E-state index is 12.5. The maximum Gasteiger partial charge on any atom is 0.573 e. The zero-order valence-electron chi connectivity index (χ0n) is 13.0. The Kier molecular flexibility index (Phi) is 5.43. The van der Waals surface area contributed by atoms with E-state index in [4.69, 9.17) is 11.6 Å². The fourth-order valence-corrected chi connectivity index (χ4v) is 4.11. The van der Waals surface area contributed by atoms with Crippen molar-refractivity contribution in [3.63, 3.8) is 0 Å². The Bertz CT molecular complexity index is 732. The van der Waals surface area contributed by atoms with Gasteiger partial charge in [-0.25, -0.2) is 0 Å². The predicted molar refractivity (Wildman–Crippen MR) is 90.4 cm³/mol. The molecule has 1 fully saturated rings. The molecule has 136 valence electrons. The molecule has 0 radical (unpaired) electrons. The number of halogens is 4. The van der Waals surface area contributed by atoms with Crippen LogP contribution in [0.25, 0.3) is 0 Å². The molecule has 0 amide bonds. The lowest BCUT2D eigenvalue weighted by atomic mass is 10.0. The molecule has 2 N–H and O–H groups in total. The third kappa shape index (κ3) is 4.58. The predicted octanol–water partition coefficient (Wildman–Crippen LogP) is 4.00. The number of aromatic hydroxyl groups is 1. The standard InChI is InChI=1S/C16H16ClF3N2O2S/c17-14-4-3-13(25-14)15(22-7-5-21-6-8-22)11-9-10(1-2-12(11)23)24-16(18,19)20/h1-4,9,15,21,23H,5-8H2/t15-/m1/s1. The Morgan fingerprint density at radius 3 is 2.52 bits per heavy atom. The van der Waals surface area contributed by atoms with Crippen molar-refractivity contribution in [3.05, 3.63) is 45.1 Å². The molecule has 0 aliphatic carbocycles. The highest BCUT2D eigenvalue weighted by Gasteiger charge is 2.33. The highest BCUT2D eigenvalue weighted by Crippen LogP contribution is 2.40. The summed E-state index contributed by atoms with van der Waals surface area (Å²) in [7, 11) is 0. The van der Waals surface area contributed by atoms with E-state index in [9.17, 15) is 18.3 Å². The van der Waals surface area contributed by atoms with Crippen molar-refractivity contribution in [1.82, 2.24) is 10.2 Å². The third-order valence-electron chi connectivity index (χ3n) is 3.91. The molecule has 0 saturated carbocycles. The smallest absolute Gasteiger partial charge is 0.508 e. The molecule has 2 heterocycles. The first kappa shape index (κ1) is 18.3. The molecule has 2 aromatic rings. The first-order chi connectivity index (χ1) is 11.8. The van der Waals surface area contributed by atoms with Crippen LogP contribution in [0.2, 0.25) is 4.34 Å². The van der Waals surface area contributed by atoms with Crippen LogP contribution in [0.1, 0.15) is 16.5 Å². The number of nitrogens with zero attached hydrogens (tertiary/aromatic N) is 1. The molecule has 0 bridgehead atoms. The number of alkyl halides is 3. The summed E-state index contributed by atoms with van der Waals surface area (Å²) in [4.78, 5) is 2.96. The second kappa shape index (κ2) is 7.41. The van der Waals surface area contributed by atoms with Gasteiger partial charge in [-0.05, 0) is 30.3 Å². The van der Waals surface area contributed by atoms with Crippen molar-refractivity contribution in [3.8, 4) is 11.5 Å². The third-order valence-corrected chi connectivity index (χ3v) is 5.19. The number of benzene rings is 1. The summed E-state index contributed by atoms with van der Waals surface area (Å²) in [5.74, 6) is -0.439. The van der Waals surface area contributed by atoms with E-state index in [1.54, 1.807) is 6.07 Å². The zero-order chi connectivity index (χ0) is 18.0. The number of rotatable bonds is 4. The number of thiophene rings is 1. The molecule has 1 saturated heterocycles. The Morgan fingerprint density at radius 1 is 1.20 bits per heavy atom. The molecule has 3 rings (SSSR count). The minimum atomic E-state index is -4.79. The maximum atomic E-state index is 12.5. The lowest BCUT2D eigenvalue weighted by molar-refractivity contribution is -0.274. The van der Waals surface area contributed by atoms with Gasteiger partial charge in [0.25, 0.3) is 0 Å². The van der Waals surface area contributed by atoms with Crippen LogP contribution in [0.3, 0.4) is 0 Å². The van der Waals surface area contributed by atoms with E-state index in [0.29, 0.717) is 23.0 Å². The van der Waals surface area contributed by atoms with Crippen molar-refractivity contribution in [2.45, 2.75) is 12.4 Å². The molecular formula is C16H16ClF3N2O2S. The summed E-state index contributed by atoms with van der Waals surface area (Å²) in [5, 5.41) is 13.5. The average Bonchev–Trinajstić information content (AvgIpc) is 2.96. The van der Waals surface area contributed by atoms with Crippen LogP contribution in [0.5, 0.6) is 11.5 Å². The number of piperazine rings is 1. The lowest BCUT2D eigenvalue weighted by Crippen LogP contribution is -2.45. The molecule has 1 aromatic carbocycles. The second-order valence-electron chi connectivity index (χ2n) is 5.60. The minimum Gasteiger partial charge on any atom is -0.508 e. The van der Waals surface area contributed by atoms with Gasteiger partial charge in [0.1, 0.15) is 11.5 Å². The summed E-state index contributed by atoms with van der Waals surface area (Å²) in [6.45, 7) is 2.91. The van der Waals surface area contributed by atoms with Crippen LogP contribution in [-0.2, 0) is 0 Å². The molecule has 1 aromatic heterocycles. The number of phenolic OH excluding ortho intramolecular Hbond substituents is 1. The number of hydrogen-bond donors (Lipinski definition) is 2. The first-order valence-electron chi connectivity index (χ1n) is 7.62. The van der Waals surface area contributed by atoms with E-state index in [1.807, 2.05) is 6.07 Å². The van der Waals surface area contributed by atoms with Crippen LogP contribution < -0.4 is 10.1 Å². The Morgan fingerprint density at radius 2 is 1.92 bits per heavy atom. The van der Waals surface area contributed by atoms with E-state index in [2.05, 4.69) is 15.0 Å². The molecule has 25 heavy (non-hydrogen) atoms. The summed E-state index contributed by atoms with van der Waals surface area (Å²) in [6, 6.07) is 6.74. The topological polar surface area (TPSA) is 44.7 Å². The molecule has 4 nitrogen and oxygen atoms in total. The molecule has 9 heteroatoms. The minimum absolute atomic E-state index is 0.0809. The van der Waals surface area contributed by atoms with E-state index < -0.39 is 12.4 Å². The summed E-state index contributed by atoms with van der Waals surface area (Å²) < 4.78 is 42.2. The highest BCUT2D eigenvalue weighted by atomic mass is 35.5. The second-order valence-corrected chi connectivity index (χ2v) is 7.35. The van der Waals surface area contributed by atoms with Crippen LogP contribution in [0, 0.1) is 0 Å². The SMILES string of the molecule is Oc1ccc(OC(F)(F)F)cc1[C@H](c1ccc(Cl)s1)N1CCNCC1. The van der Waals surface area contributed by atoms with Crippen molar-refractivity contribution in [2.24, 2.45) is 0 Å². The number of phenols is 1. The van der Waals surface area contributed by atoms with Gasteiger partial charge < -0.3 is 15.2 Å². The van der Waals surface area contributed by atoms with Gasteiger partial charge in [0.2, 0.25) is 0 Å². The molecule has 0 spiro atoms. The molecule has 1 aliphatic heterocycles. The first-order valence-corrected chi connectivity index (χ1v) is 8.81. The number of nitrogens with one attached hydrogen (secondary N) is 1. The molecule has 1 aliphatic rings. The Hall–Kier alpha value is -1.48. The van der Waals surface area contributed by atoms with Crippen molar-refractivity contribution >= 4 is 22.9 Å². The number of ether oxygens (including phenoxy) is 1. The largest absolute Gasteiger partial charge is 0.573 e. The van der Waals surface area contributed by atoms with E-state index in [0.717, 1.165) is 24.0 Å². The normalized spacial score (nSPS) is 17.4. The fourth-order valence-electron chi connectivity index (χ4n) is 2.89. The van der Waals surface area contributed by atoms with Gasteiger partial charge in [-0.15, -0.1) is 24.5 Å². The Labute approximate surface area is 151 Å².